The third-order valence-corrected chi connectivity index (χ3v) is 5.01. The summed E-state index contributed by atoms with van der Waals surface area (Å²) < 4.78 is 18.8. The average molecular weight is 442 g/mol. The van der Waals surface area contributed by atoms with Crippen LogP contribution in [0.3, 0.4) is 0 Å². The molecule has 0 radical (unpaired) electrons. The number of hydrogen-bond donors (Lipinski definition) is 1. The second kappa shape index (κ2) is 7.59. The summed E-state index contributed by atoms with van der Waals surface area (Å²) in [6.45, 7) is 0. The second-order valence-electron chi connectivity index (χ2n) is 4.98. The summed E-state index contributed by atoms with van der Waals surface area (Å²) in [5, 5.41) is 3.55. The molecule has 0 aliphatic carbocycles. The molecular formula is C17H11BrClFN2O2S. The summed E-state index contributed by atoms with van der Waals surface area (Å²) >= 11 is 10.7. The first kappa shape index (κ1) is 18.0. The third-order valence-electron chi connectivity index (χ3n) is 3.23. The highest BCUT2D eigenvalue weighted by molar-refractivity contribution is 9.10. The Balaban J connectivity index is 1.85. The van der Waals surface area contributed by atoms with Crippen LogP contribution in [0.15, 0.2) is 50.8 Å². The predicted octanol–water partition coefficient (Wildman–Crippen LogP) is 5.14. The van der Waals surface area contributed by atoms with Crippen molar-refractivity contribution in [1.29, 1.82) is 0 Å². The van der Waals surface area contributed by atoms with Gasteiger partial charge in [-0.1, -0.05) is 11.6 Å². The number of hydrogen-bond acceptors (Lipinski definition) is 4. The first-order chi connectivity index (χ1) is 12.0. The Morgan fingerprint density at radius 3 is 2.68 bits per heavy atom. The maximum absolute atomic E-state index is 12.9. The van der Waals surface area contributed by atoms with E-state index in [4.69, 9.17) is 16.3 Å². The molecule has 0 saturated carbocycles. The van der Waals surface area contributed by atoms with Crippen LogP contribution in [0.4, 0.5) is 10.1 Å². The van der Waals surface area contributed by atoms with Crippen molar-refractivity contribution >= 4 is 62.1 Å². The summed E-state index contributed by atoms with van der Waals surface area (Å²) in [6.07, 6.45) is 1.71. The topological polar surface area (TPSA) is 50.7 Å². The zero-order valence-electron chi connectivity index (χ0n) is 12.8. The number of methoxy groups -OCH3 is 1. The van der Waals surface area contributed by atoms with Gasteiger partial charge in [0.25, 0.3) is 5.91 Å². The lowest BCUT2D eigenvalue weighted by molar-refractivity contribution is -0.115. The molecule has 1 aliphatic heterocycles. The summed E-state index contributed by atoms with van der Waals surface area (Å²) in [6, 6.07) is 9.22. The molecule has 8 heteroatoms. The molecule has 128 valence electrons. The molecule has 0 spiro atoms. The molecule has 1 heterocycles. The highest BCUT2D eigenvalue weighted by Gasteiger charge is 2.24. The van der Waals surface area contributed by atoms with E-state index >= 15 is 0 Å². The first-order valence-corrected chi connectivity index (χ1v) is 9.03. The van der Waals surface area contributed by atoms with Crippen LogP contribution in [0.2, 0.25) is 5.02 Å². The van der Waals surface area contributed by atoms with Gasteiger partial charge in [0.1, 0.15) is 5.82 Å². The average Bonchev–Trinajstić information content (AvgIpc) is 2.89. The van der Waals surface area contributed by atoms with Gasteiger partial charge in [-0.15, -0.1) is 0 Å². The number of benzene rings is 2. The number of amidine groups is 1. The molecule has 1 aliphatic rings. The van der Waals surface area contributed by atoms with E-state index in [1.807, 2.05) is 0 Å². The Hall–Kier alpha value is -1.83. The minimum atomic E-state index is -0.338. The number of halogens is 3. The van der Waals surface area contributed by atoms with E-state index in [0.29, 0.717) is 31.0 Å². The summed E-state index contributed by atoms with van der Waals surface area (Å²) in [5.74, 6) is -0.0607. The fraction of sp³-hybridized carbons (Fsp3) is 0.0588. The maximum Gasteiger partial charge on any atom is 0.264 e. The standard InChI is InChI=1S/C17H11BrClFN2O2S/c1-24-15-12(18)6-9(7-13(15)19)8-14-16(23)22-17(25-14)21-11-4-2-10(20)3-5-11/h2-8H,1H3,(H,21,22,23)/b14-8-. The van der Waals surface area contributed by atoms with E-state index in [2.05, 4.69) is 26.2 Å². The molecule has 4 nitrogen and oxygen atoms in total. The minimum Gasteiger partial charge on any atom is -0.494 e. The first-order valence-electron chi connectivity index (χ1n) is 7.04. The number of nitrogens with zero attached hydrogens (tertiary/aromatic N) is 1. The lowest BCUT2D eigenvalue weighted by Gasteiger charge is -2.07. The molecule has 2 aromatic carbocycles. The molecule has 25 heavy (non-hydrogen) atoms. The van der Waals surface area contributed by atoms with Gasteiger partial charge in [-0.25, -0.2) is 9.38 Å². The summed E-state index contributed by atoms with van der Waals surface area (Å²) in [7, 11) is 1.53. The van der Waals surface area contributed by atoms with Crippen LogP contribution >= 0.6 is 39.3 Å². The number of carbonyl (C=O) groups excluding carboxylic acids is 1. The van der Waals surface area contributed by atoms with Gasteiger partial charge in [-0.2, -0.15) is 0 Å². The number of nitrogens with one attached hydrogen (secondary N) is 1. The van der Waals surface area contributed by atoms with Crippen LogP contribution < -0.4 is 10.1 Å². The van der Waals surface area contributed by atoms with Crippen LogP contribution in [-0.2, 0) is 4.79 Å². The van der Waals surface area contributed by atoms with Crippen LogP contribution in [0.5, 0.6) is 5.75 Å². The maximum atomic E-state index is 12.9. The molecule has 0 unspecified atom stereocenters. The molecular weight excluding hydrogens is 431 g/mol. The Morgan fingerprint density at radius 2 is 2.04 bits per heavy atom. The molecule has 1 saturated heterocycles. The van der Waals surface area contributed by atoms with Gasteiger partial charge in [0.15, 0.2) is 10.9 Å². The van der Waals surface area contributed by atoms with Crippen molar-refractivity contribution in [3.8, 4) is 5.75 Å². The Morgan fingerprint density at radius 1 is 1.32 bits per heavy atom. The minimum absolute atomic E-state index is 0.256. The van der Waals surface area contributed by atoms with Crippen molar-refractivity contribution in [2.75, 3.05) is 7.11 Å². The normalized spacial score (nSPS) is 17.2. The smallest absolute Gasteiger partial charge is 0.264 e. The lowest BCUT2D eigenvalue weighted by atomic mass is 10.2. The van der Waals surface area contributed by atoms with Crippen LogP contribution in [-0.4, -0.2) is 18.2 Å². The summed E-state index contributed by atoms with van der Waals surface area (Å²) in [4.78, 5) is 16.9. The van der Waals surface area contributed by atoms with E-state index in [0.717, 1.165) is 5.56 Å². The van der Waals surface area contributed by atoms with Gasteiger partial charge < -0.3 is 10.1 Å². The van der Waals surface area contributed by atoms with E-state index in [9.17, 15) is 9.18 Å². The van der Waals surface area contributed by atoms with Gasteiger partial charge in [0.2, 0.25) is 0 Å². The van der Waals surface area contributed by atoms with Crippen LogP contribution in [0.1, 0.15) is 5.56 Å². The van der Waals surface area contributed by atoms with E-state index in [-0.39, 0.29) is 11.7 Å². The zero-order valence-corrected chi connectivity index (χ0v) is 16.0. The number of carbonyl (C=O) groups is 1. The van der Waals surface area contributed by atoms with Crippen molar-refractivity contribution < 1.29 is 13.9 Å². The quantitative estimate of drug-likeness (QED) is 0.671. The van der Waals surface area contributed by atoms with Crippen molar-refractivity contribution in [1.82, 2.24) is 5.32 Å². The zero-order chi connectivity index (χ0) is 18.0. The van der Waals surface area contributed by atoms with E-state index in [1.165, 1.54) is 43.1 Å². The van der Waals surface area contributed by atoms with Gasteiger partial charge in [-0.05, 0) is 75.7 Å². The SMILES string of the molecule is COc1c(Cl)cc(/C=C2\SC(=Nc3ccc(F)cc3)NC2=O)cc1Br. The van der Waals surface area contributed by atoms with Gasteiger partial charge in [0, 0.05) is 0 Å². The van der Waals surface area contributed by atoms with Crippen molar-refractivity contribution in [2.45, 2.75) is 0 Å². The molecule has 2 aromatic rings. The lowest BCUT2D eigenvalue weighted by Crippen LogP contribution is -2.19. The summed E-state index contributed by atoms with van der Waals surface area (Å²) in [5.41, 5.74) is 1.30. The Bertz CT molecular complexity index is 877. The van der Waals surface area contributed by atoms with Crippen LogP contribution in [0.25, 0.3) is 6.08 Å². The predicted molar refractivity (Wildman–Crippen MR) is 103 cm³/mol. The fourth-order valence-corrected chi connectivity index (χ4v) is 4.02. The molecule has 3 rings (SSSR count). The molecule has 1 N–H and O–H groups in total. The number of amides is 1. The second-order valence-corrected chi connectivity index (χ2v) is 7.27. The third kappa shape index (κ3) is 4.23. The molecule has 0 aromatic heterocycles. The number of thioether (sulfide) groups is 1. The van der Waals surface area contributed by atoms with Crippen molar-refractivity contribution in [2.24, 2.45) is 4.99 Å². The number of ether oxygens (including phenoxy) is 1. The molecule has 0 bridgehead atoms. The number of rotatable bonds is 3. The van der Waals surface area contributed by atoms with Crippen molar-refractivity contribution in [3.63, 3.8) is 0 Å². The van der Waals surface area contributed by atoms with E-state index in [1.54, 1.807) is 18.2 Å². The largest absolute Gasteiger partial charge is 0.494 e. The number of aliphatic imine (C=N–C) groups is 1. The molecule has 0 atom stereocenters. The van der Waals surface area contributed by atoms with Crippen LogP contribution in [0, 0.1) is 5.82 Å². The molecule has 1 amide bonds. The van der Waals surface area contributed by atoms with Gasteiger partial charge in [0.05, 0.1) is 27.2 Å². The van der Waals surface area contributed by atoms with Gasteiger partial charge >= 0.3 is 0 Å². The van der Waals surface area contributed by atoms with Gasteiger partial charge in [-0.3, -0.25) is 4.79 Å². The highest BCUT2D eigenvalue weighted by atomic mass is 79.9. The molecule has 1 fully saturated rings. The van der Waals surface area contributed by atoms with Crippen molar-refractivity contribution in [3.05, 3.63) is 62.2 Å². The van der Waals surface area contributed by atoms with E-state index < -0.39 is 0 Å². The Kier molecular flexibility index (Phi) is 5.46. The highest BCUT2D eigenvalue weighted by Crippen LogP contribution is 2.36. The Labute approximate surface area is 161 Å². The fourth-order valence-electron chi connectivity index (χ4n) is 2.12. The monoisotopic (exact) mass is 440 g/mol.